The van der Waals surface area contributed by atoms with E-state index in [2.05, 4.69) is 33.2 Å². The van der Waals surface area contributed by atoms with E-state index in [0.29, 0.717) is 11.3 Å². The van der Waals surface area contributed by atoms with Gasteiger partial charge in [0.15, 0.2) is 0 Å². The highest BCUT2D eigenvalue weighted by Gasteiger charge is 2.21. The lowest BCUT2D eigenvalue weighted by Crippen LogP contribution is -2.46. The topological polar surface area (TPSA) is 41.6 Å². The number of likely N-dealkylation sites (tertiary alicyclic amines) is 1. The van der Waals surface area contributed by atoms with E-state index in [1.165, 1.54) is 0 Å². The van der Waals surface area contributed by atoms with Crippen molar-refractivity contribution in [1.82, 2.24) is 10.2 Å². The highest BCUT2D eigenvalue weighted by atomic mass is 79.9. The van der Waals surface area contributed by atoms with Gasteiger partial charge in [0.2, 0.25) is 0 Å². The molecule has 0 aromatic heterocycles. The van der Waals surface area contributed by atoms with Crippen LogP contribution in [0.5, 0.6) is 5.75 Å². The number of carbonyl (C=O) groups excluding carboxylic acids is 1. The maximum atomic E-state index is 12.3. The van der Waals surface area contributed by atoms with Gasteiger partial charge >= 0.3 is 0 Å². The van der Waals surface area contributed by atoms with Crippen molar-refractivity contribution in [3.8, 4) is 5.75 Å². The van der Waals surface area contributed by atoms with Gasteiger partial charge < -0.3 is 15.0 Å². The number of benzene rings is 1. The van der Waals surface area contributed by atoms with Crippen LogP contribution in [0, 0.1) is 0 Å². The highest BCUT2D eigenvalue weighted by molar-refractivity contribution is 9.10. The molecule has 5 heteroatoms. The second kappa shape index (κ2) is 6.39. The Kier molecular flexibility index (Phi) is 4.82. The molecule has 1 fully saturated rings. The Balaban J connectivity index is 2.07. The van der Waals surface area contributed by atoms with Crippen molar-refractivity contribution in [2.24, 2.45) is 0 Å². The van der Waals surface area contributed by atoms with Crippen LogP contribution in [-0.4, -0.2) is 44.1 Å². The van der Waals surface area contributed by atoms with Crippen molar-refractivity contribution in [2.45, 2.75) is 18.9 Å². The summed E-state index contributed by atoms with van der Waals surface area (Å²) >= 11 is 3.37. The molecule has 1 atom stereocenters. The Bertz CT molecular complexity index is 465. The first-order chi connectivity index (χ1) is 9.10. The molecule has 0 radical (unpaired) electrons. The SMILES string of the molecule is COc1cc(Br)ccc1C(=O)NC1CCCN(C)C1. The van der Waals surface area contributed by atoms with Crippen molar-refractivity contribution in [3.05, 3.63) is 28.2 Å². The molecule has 1 amide bonds. The Morgan fingerprint density at radius 2 is 2.32 bits per heavy atom. The first kappa shape index (κ1) is 14.3. The fourth-order valence-corrected chi connectivity index (χ4v) is 2.74. The van der Waals surface area contributed by atoms with Crippen LogP contribution in [-0.2, 0) is 0 Å². The minimum absolute atomic E-state index is 0.0651. The molecule has 1 aliphatic rings. The predicted octanol–water partition coefficient (Wildman–Crippen LogP) is 2.28. The quantitative estimate of drug-likeness (QED) is 0.926. The zero-order valence-electron chi connectivity index (χ0n) is 11.3. The van der Waals surface area contributed by atoms with Crippen LogP contribution in [0.25, 0.3) is 0 Å². The third-order valence-corrected chi connectivity index (χ3v) is 3.86. The first-order valence-corrected chi connectivity index (χ1v) is 7.22. The van der Waals surface area contributed by atoms with Crippen LogP contribution in [0.2, 0.25) is 0 Å². The van der Waals surface area contributed by atoms with Gasteiger partial charge in [-0.25, -0.2) is 0 Å². The normalized spacial score (nSPS) is 20.1. The lowest BCUT2D eigenvalue weighted by Gasteiger charge is -2.30. The summed E-state index contributed by atoms with van der Waals surface area (Å²) < 4.78 is 6.16. The minimum Gasteiger partial charge on any atom is -0.496 e. The molecule has 4 nitrogen and oxygen atoms in total. The van der Waals surface area contributed by atoms with E-state index in [1.54, 1.807) is 13.2 Å². The summed E-state index contributed by atoms with van der Waals surface area (Å²) in [6, 6.07) is 5.66. The molecule has 0 spiro atoms. The Morgan fingerprint density at radius 1 is 1.53 bits per heavy atom. The second-order valence-electron chi connectivity index (χ2n) is 4.92. The lowest BCUT2D eigenvalue weighted by molar-refractivity contribution is 0.0909. The highest BCUT2D eigenvalue weighted by Crippen LogP contribution is 2.23. The van der Waals surface area contributed by atoms with Gasteiger partial charge in [0.05, 0.1) is 12.7 Å². The van der Waals surface area contributed by atoms with E-state index in [9.17, 15) is 4.79 Å². The van der Waals surface area contributed by atoms with Crippen LogP contribution < -0.4 is 10.1 Å². The molecule has 1 aliphatic heterocycles. The molecule has 1 heterocycles. The summed E-state index contributed by atoms with van der Waals surface area (Å²) in [5.41, 5.74) is 0.582. The van der Waals surface area contributed by atoms with Gasteiger partial charge in [0.1, 0.15) is 5.75 Å². The molecule has 104 valence electrons. The third kappa shape index (κ3) is 3.70. The van der Waals surface area contributed by atoms with Gasteiger partial charge in [0, 0.05) is 17.1 Å². The monoisotopic (exact) mass is 326 g/mol. The van der Waals surface area contributed by atoms with Gasteiger partial charge in [-0.05, 0) is 44.6 Å². The fourth-order valence-electron chi connectivity index (χ4n) is 2.40. The van der Waals surface area contributed by atoms with Crippen molar-refractivity contribution < 1.29 is 9.53 Å². The zero-order chi connectivity index (χ0) is 13.8. The van der Waals surface area contributed by atoms with Crippen molar-refractivity contribution in [2.75, 3.05) is 27.2 Å². The maximum absolute atomic E-state index is 12.3. The minimum atomic E-state index is -0.0651. The number of halogens is 1. The van der Waals surface area contributed by atoms with E-state index >= 15 is 0 Å². The van der Waals surface area contributed by atoms with Crippen molar-refractivity contribution in [1.29, 1.82) is 0 Å². The maximum Gasteiger partial charge on any atom is 0.255 e. The molecular formula is C14H19BrN2O2. The van der Waals surface area contributed by atoms with E-state index in [1.807, 2.05) is 12.1 Å². The van der Waals surface area contributed by atoms with Crippen LogP contribution in [0.1, 0.15) is 23.2 Å². The van der Waals surface area contributed by atoms with Gasteiger partial charge in [0.25, 0.3) is 5.91 Å². The summed E-state index contributed by atoms with van der Waals surface area (Å²) in [6.07, 6.45) is 2.16. The molecule has 0 saturated carbocycles. The number of carbonyl (C=O) groups is 1. The summed E-state index contributed by atoms with van der Waals surface area (Å²) in [5, 5.41) is 3.08. The first-order valence-electron chi connectivity index (χ1n) is 6.43. The van der Waals surface area contributed by atoms with Crippen molar-refractivity contribution >= 4 is 21.8 Å². The lowest BCUT2D eigenvalue weighted by atomic mass is 10.1. The molecule has 1 N–H and O–H groups in total. The van der Waals surface area contributed by atoms with E-state index in [4.69, 9.17) is 4.74 Å². The van der Waals surface area contributed by atoms with Gasteiger partial charge in [-0.3, -0.25) is 4.79 Å². The van der Waals surface area contributed by atoms with Crippen LogP contribution in [0.4, 0.5) is 0 Å². The summed E-state index contributed by atoms with van der Waals surface area (Å²) in [4.78, 5) is 14.5. The number of likely N-dealkylation sites (N-methyl/N-ethyl adjacent to an activating group) is 1. The molecule has 1 aromatic carbocycles. The number of hydrogen-bond acceptors (Lipinski definition) is 3. The second-order valence-corrected chi connectivity index (χ2v) is 5.84. The number of methoxy groups -OCH3 is 1. The number of piperidine rings is 1. The van der Waals surface area contributed by atoms with Crippen molar-refractivity contribution in [3.63, 3.8) is 0 Å². The number of amides is 1. The molecule has 2 rings (SSSR count). The molecule has 1 saturated heterocycles. The number of ether oxygens (including phenoxy) is 1. The standard InChI is InChI=1S/C14H19BrN2O2/c1-17-7-3-4-11(9-17)16-14(18)12-6-5-10(15)8-13(12)19-2/h5-6,8,11H,3-4,7,9H2,1-2H3,(H,16,18). The number of hydrogen-bond donors (Lipinski definition) is 1. The number of nitrogens with zero attached hydrogens (tertiary/aromatic N) is 1. The molecule has 1 aromatic rings. The average Bonchev–Trinajstić information content (AvgIpc) is 2.38. The Hall–Kier alpha value is -1.07. The van der Waals surface area contributed by atoms with E-state index in [0.717, 1.165) is 30.4 Å². The predicted molar refractivity (Wildman–Crippen MR) is 78.7 cm³/mol. The van der Waals surface area contributed by atoms with Crippen LogP contribution >= 0.6 is 15.9 Å². The number of nitrogens with one attached hydrogen (secondary N) is 1. The van der Waals surface area contributed by atoms with Gasteiger partial charge in [-0.1, -0.05) is 15.9 Å². The Morgan fingerprint density at radius 3 is 3.00 bits per heavy atom. The fraction of sp³-hybridized carbons (Fsp3) is 0.500. The van der Waals surface area contributed by atoms with Gasteiger partial charge in [-0.15, -0.1) is 0 Å². The zero-order valence-corrected chi connectivity index (χ0v) is 12.9. The summed E-state index contributed by atoms with van der Waals surface area (Å²) in [6.45, 7) is 2.01. The molecule has 0 bridgehead atoms. The third-order valence-electron chi connectivity index (χ3n) is 3.37. The molecule has 1 unspecified atom stereocenters. The van der Waals surface area contributed by atoms with E-state index < -0.39 is 0 Å². The number of rotatable bonds is 3. The molecule has 19 heavy (non-hydrogen) atoms. The smallest absolute Gasteiger partial charge is 0.255 e. The molecular weight excluding hydrogens is 308 g/mol. The average molecular weight is 327 g/mol. The Labute approximate surface area is 122 Å². The summed E-state index contributed by atoms with van der Waals surface area (Å²) in [7, 11) is 3.66. The van der Waals surface area contributed by atoms with Crippen LogP contribution in [0.15, 0.2) is 22.7 Å². The van der Waals surface area contributed by atoms with Crippen LogP contribution in [0.3, 0.4) is 0 Å². The summed E-state index contributed by atoms with van der Waals surface area (Å²) in [5.74, 6) is 0.528. The van der Waals surface area contributed by atoms with Gasteiger partial charge in [-0.2, -0.15) is 0 Å². The molecule has 0 aliphatic carbocycles. The van der Waals surface area contributed by atoms with E-state index in [-0.39, 0.29) is 11.9 Å². The largest absolute Gasteiger partial charge is 0.496 e.